The number of benzene rings is 3. The van der Waals surface area contributed by atoms with Crippen molar-refractivity contribution in [3.8, 4) is 0 Å². The van der Waals surface area contributed by atoms with E-state index in [9.17, 15) is 0 Å². The Morgan fingerprint density at radius 3 is 1.35 bits per heavy atom. The van der Waals surface area contributed by atoms with Gasteiger partial charge in [0.25, 0.3) is 0 Å². The molecule has 20 heavy (non-hydrogen) atoms. The predicted octanol–water partition coefficient (Wildman–Crippen LogP) is 2.59. The van der Waals surface area contributed by atoms with Crippen molar-refractivity contribution in [2.75, 3.05) is 0 Å². The number of hydrogen-bond donors (Lipinski definition) is 0. The largest absolute Gasteiger partial charge is 0.132 e. The summed E-state index contributed by atoms with van der Waals surface area (Å²) in [7, 11) is -1.39. The quantitative estimate of drug-likeness (QED) is 0.514. The van der Waals surface area contributed by atoms with E-state index in [1.807, 2.05) is 12.1 Å². The minimum atomic E-state index is -1.39. The van der Waals surface area contributed by atoms with Gasteiger partial charge in [-0.2, -0.15) is 0 Å². The Kier molecular flexibility index (Phi) is 4.00. The molecule has 0 radical (unpaired) electrons. The van der Waals surface area contributed by atoms with Gasteiger partial charge in [-0.3, -0.25) is 0 Å². The second-order valence-electron chi connectivity index (χ2n) is 4.81. The Morgan fingerprint density at radius 1 is 0.500 bits per heavy atom. The van der Waals surface area contributed by atoms with Crippen molar-refractivity contribution >= 4 is 36.0 Å². The molecule has 0 atom stereocenters. The molecule has 0 heterocycles. The Bertz CT molecular complexity index is 623. The minimum absolute atomic E-state index is 0.794. The van der Waals surface area contributed by atoms with Crippen LogP contribution in [0.15, 0.2) is 84.9 Å². The summed E-state index contributed by atoms with van der Waals surface area (Å²) in [5.41, 5.74) is 0. The number of halogens is 1. The maximum absolute atomic E-state index is 6.02. The van der Waals surface area contributed by atoms with Gasteiger partial charge in [-0.1, -0.05) is 100.0 Å². The first-order valence-electron chi connectivity index (χ1n) is 6.70. The molecule has 0 unspecified atom stereocenters. The lowest BCUT2D eigenvalue weighted by molar-refractivity contribution is 1.71. The van der Waals surface area contributed by atoms with Gasteiger partial charge < -0.3 is 0 Å². The minimum Gasteiger partial charge on any atom is -0.0843 e. The molecule has 0 saturated heterocycles. The third-order valence-corrected chi connectivity index (χ3v) is 6.88. The summed E-state index contributed by atoms with van der Waals surface area (Å²) in [5, 5.41) is 5.05. The van der Waals surface area contributed by atoms with Crippen molar-refractivity contribution in [3.05, 3.63) is 90.0 Å². The molecule has 0 aromatic heterocycles. The van der Waals surface area contributed by atoms with Crippen LogP contribution >= 0.6 is 11.6 Å². The Hall–Kier alpha value is -1.83. The molecule has 0 saturated carbocycles. The van der Waals surface area contributed by atoms with E-state index in [1.165, 1.54) is 15.6 Å². The van der Waals surface area contributed by atoms with Crippen LogP contribution in [0.2, 0.25) is 5.02 Å². The zero-order valence-corrected chi connectivity index (χ0v) is 12.9. The van der Waals surface area contributed by atoms with Gasteiger partial charge >= 0.3 is 0 Å². The van der Waals surface area contributed by atoms with E-state index in [4.69, 9.17) is 11.6 Å². The third-order valence-electron chi connectivity index (χ3n) is 3.47. The molecule has 0 aliphatic carbocycles. The summed E-state index contributed by atoms with van der Waals surface area (Å²) in [6.45, 7) is 0. The highest BCUT2D eigenvalue weighted by atomic mass is 35.5. The fourth-order valence-electron chi connectivity index (χ4n) is 2.52. The van der Waals surface area contributed by atoms with Crippen molar-refractivity contribution in [1.29, 1.82) is 0 Å². The van der Waals surface area contributed by atoms with Crippen LogP contribution in [0.3, 0.4) is 0 Å². The Balaban J connectivity index is 2.11. The second-order valence-corrected chi connectivity index (χ2v) is 8.11. The highest BCUT2D eigenvalue weighted by molar-refractivity contribution is 6.95. The highest BCUT2D eigenvalue weighted by Gasteiger charge is 2.17. The van der Waals surface area contributed by atoms with Crippen LogP contribution in [0, 0.1) is 0 Å². The van der Waals surface area contributed by atoms with E-state index in [-0.39, 0.29) is 0 Å². The van der Waals surface area contributed by atoms with Gasteiger partial charge in [0.05, 0.1) is 0 Å². The monoisotopic (exact) mass is 294 g/mol. The maximum atomic E-state index is 6.02. The smallest absolute Gasteiger partial charge is 0.0843 e. The lowest BCUT2D eigenvalue weighted by Gasteiger charge is -2.17. The van der Waals surface area contributed by atoms with Crippen molar-refractivity contribution in [2.24, 2.45) is 0 Å². The van der Waals surface area contributed by atoms with Gasteiger partial charge in [0, 0.05) is 5.02 Å². The summed E-state index contributed by atoms with van der Waals surface area (Å²) in [5.74, 6) is 0. The lowest BCUT2D eigenvalue weighted by Crippen LogP contribution is -2.51. The number of hydrogen-bond acceptors (Lipinski definition) is 0. The van der Waals surface area contributed by atoms with E-state index in [1.54, 1.807) is 0 Å². The number of rotatable bonds is 3. The summed E-state index contributed by atoms with van der Waals surface area (Å²) in [6, 6.07) is 29.9. The van der Waals surface area contributed by atoms with Gasteiger partial charge in [-0.15, -0.1) is 0 Å². The van der Waals surface area contributed by atoms with Gasteiger partial charge in [0.1, 0.15) is 8.80 Å². The fraction of sp³-hybridized carbons (Fsp3) is 0. The van der Waals surface area contributed by atoms with Crippen molar-refractivity contribution < 1.29 is 0 Å². The molecule has 0 aliphatic rings. The van der Waals surface area contributed by atoms with Crippen LogP contribution in [-0.4, -0.2) is 8.80 Å². The SMILES string of the molecule is Clc1ccc([SiH](c2ccccc2)c2ccccc2)cc1. The first kappa shape index (κ1) is 13.2. The molecule has 3 rings (SSSR count). The summed E-state index contributed by atoms with van der Waals surface area (Å²) in [6.07, 6.45) is 0. The third kappa shape index (κ3) is 2.84. The van der Waals surface area contributed by atoms with Gasteiger partial charge in [-0.05, 0) is 12.1 Å². The van der Waals surface area contributed by atoms with Crippen LogP contribution in [0.1, 0.15) is 0 Å². The summed E-state index contributed by atoms with van der Waals surface area (Å²) in [4.78, 5) is 0. The fourth-order valence-corrected chi connectivity index (χ4v) is 5.60. The van der Waals surface area contributed by atoms with Crippen molar-refractivity contribution in [3.63, 3.8) is 0 Å². The first-order chi connectivity index (χ1) is 9.84. The zero-order chi connectivity index (χ0) is 13.8. The lowest BCUT2D eigenvalue weighted by atomic mass is 10.3. The Labute approximate surface area is 126 Å². The van der Waals surface area contributed by atoms with Crippen LogP contribution in [0.5, 0.6) is 0 Å². The van der Waals surface area contributed by atoms with Crippen LogP contribution in [0.25, 0.3) is 0 Å². The van der Waals surface area contributed by atoms with Crippen LogP contribution in [0.4, 0.5) is 0 Å². The summed E-state index contributed by atoms with van der Waals surface area (Å²) >= 11 is 6.02. The normalized spacial score (nSPS) is 10.7. The Morgan fingerprint density at radius 2 is 0.900 bits per heavy atom. The van der Waals surface area contributed by atoms with Gasteiger partial charge in [-0.25, -0.2) is 0 Å². The molecule has 0 aliphatic heterocycles. The van der Waals surface area contributed by atoms with Gasteiger partial charge in [0.15, 0.2) is 0 Å². The summed E-state index contributed by atoms with van der Waals surface area (Å²) < 4.78 is 0. The van der Waals surface area contributed by atoms with E-state index in [0.717, 1.165) is 5.02 Å². The molecule has 3 aromatic carbocycles. The molecule has 0 fully saturated rings. The van der Waals surface area contributed by atoms with Gasteiger partial charge in [0.2, 0.25) is 0 Å². The molecule has 0 spiro atoms. The zero-order valence-electron chi connectivity index (χ0n) is 11.0. The van der Waals surface area contributed by atoms with Crippen LogP contribution < -0.4 is 15.6 Å². The van der Waals surface area contributed by atoms with E-state index in [0.29, 0.717) is 0 Å². The molecule has 0 bridgehead atoms. The molecule has 0 N–H and O–H groups in total. The van der Waals surface area contributed by atoms with E-state index in [2.05, 4.69) is 72.8 Å². The predicted molar refractivity (Wildman–Crippen MR) is 90.4 cm³/mol. The first-order valence-corrected chi connectivity index (χ1v) is 8.81. The standard InChI is InChI=1S/C18H15ClSi/c19-15-11-13-18(14-12-15)20(16-7-3-1-4-8-16)17-9-5-2-6-10-17/h1-14,20H. The molecular weight excluding hydrogens is 280 g/mol. The molecule has 2 heteroatoms. The molecule has 0 amide bonds. The van der Waals surface area contributed by atoms with Crippen molar-refractivity contribution in [1.82, 2.24) is 0 Å². The molecular formula is C18H15ClSi. The molecule has 0 nitrogen and oxygen atoms in total. The van der Waals surface area contributed by atoms with Crippen LogP contribution in [-0.2, 0) is 0 Å². The molecule has 98 valence electrons. The molecule has 3 aromatic rings. The average molecular weight is 295 g/mol. The highest BCUT2D eigenvalue weighted by Crippen LogP contribution is 2.05. The average Bonchev–Trinajstić information content (AvgIpc) is 2.52. The van der Waals surface area contributed by atoms with E-state index >= 15 is 0 Å². The second kappa shape index (κ2) is 6.08. The van der Waals surface area contributed by atoms with Crippen molar-refractivity contribution in [2.45, 2.75) is 0 Å². The van der Waals surface area contributed by atoms with E-state index < -0.39 is 8.80 Å². The maximum Gasteiger partial charge on any atom is 0.132 e. The topological polar surface area (TPSA) is 0 Å².